The van der Waals surface area contributed by atoms with Gasteiger partial charge in [-0.2, -0.15) is 4.68 Å². The summed E-state index contributed by atoms with van der Waals surface area (Å²) in [5.74, 6) is 0.216. The first kappa shape index (κ1) is 19.0. The molecule has 8 heteroatoms. The topological polar surface area (TPSA) is 72.7 Å². The largest absolute Gasteiger partial charge is 0.347 e. The number of halogens is 1. The predicted octanol–water partition coefficient (Wildman–Crippen LogP) is 4.37. The van der Waals surface area contributed by atoms with E-state index in [9.17, 15) is 4.79 Å². The molecule has 0 unspecified atom stereocenters. The molecule has 0 saturated carbocycles. The van der Waals surface area contributed by atoms with Gasteiger partial charge in [-0.15, -0.1) is 16.4 Å². The van der Waals surface area contributed by atoms with Crippen LogP contribution in [0.2, 0.25) is 5.02 Å². The van der Waals surface area contributed by atoms with Crippen LogP contribution >= 0.6 is 22.9 Å². The fourth-order valence-electron chi connectivity index (χ4n) is 2.72. The third-order valence-electron chi connectivity index (χ3n) is 4.15. The molecule has 1 N–H and O–H groups in total. The maximum absolute atomic E-state index is 13.1. The summed E-state index contributed by atoms with van der Waals surface area (Å²) in [7, 11) is 0. The fraction of sp³-hybridized carbons (Fsp3) is 0.0476. The highest BCUT2D eigenvalue weighted by molar-refractivity contribution is 7.10. The quantitative estimate of drug-likeness (QED) is 0.469. The first-order valence-corrected chi connectivity index (χ1v) is 10.1. The Kier molecular flexibility index (Phi) is 5.79. The van der Waals surface area contributed by atoms with Crippen molar-refractivity contribution in [1.82, 2.24) is 25.5 Å². The molecule has 6 nitrogen and oxygen atoms in total. The highest BCUT2D eigenvalue weighted by Gasteiger charge is 2.19. The number of thiophene rings is 1. The van der Waals surface area contributed by atoms with Gasteiger partial charge in [0.2, 0.25) is 0 Å². The van der Waals surface area contributed by atoms with Crippen molar-refractivity contribution in [3.05, 3.63) is 87.6 Å². The van der Waals surface area contributed by atoms with E-state index >= 15 is 0 Å². The summed E-state index contributed by atoms with van der Waals surface area (Å²) in [5, 5.41) is 17.5. The maximum Gasteiger partial charge on any atom is 0.270 e. The van der Waals surface area contributed by atoms with Crippen molar-refractivity contribution in [2.24, 2.45) is 0 Å². The monoisotopic (exact) mass is 421 g/mol. The summed E-state index contributed by atoms with van der Waals surface area (Å²) in [6.07, 6.45) is 1.78. The molecule has 4 aromatic rings. The molecule has 0 atom stereocenters. The van der Waals surface area contributed by atoms with Crippen LogP contribution in [0.5, 0.6) is 0 Å². The fourth-order valence-corrected chi connectivity index (χ4v) is 3.50. The SMILES string of the molecule is O=C(NCc1ccc(Cl)cc1)C(=Cc1cccs1)n1nnnc1-c1ccccc1. The predicted molar refractivity (Wildman–Crippen MR) is 115 cm³/mol. The number of rotatable bonds is 6. The minimum atomic E-state index is -0.280. The van der Waals surface area contributed by atoms with Gasteiger partial charge in [-0.3, -0.25) is 4.79 Å². The van der Waals surface area contributed by atoms with Crippen LogP contribution in [0.3, 0.4) is 0 Å². The summed E-state index contributed by atoms with van der Waals surface area (Å²) in [4.78, 5) is 14.0. The first-order chi connectivity index (χ1) is 14.2. The Labute approximate surface area is 176 Å². The molecule has 4 rings (SSSR count). The van der Waals surface area contributed by atoms with Crippen LogP contribution in [0.25, 0.3) is 23.2 Å². The second kappa shape index (κ2) is 8.81. The van der Waals surface area contributed by atoms with Gasteiger partial charge in [0, 0.05) is 22.0 Å². The number of nitrogens with one attached hydrogen (secondary N) is 1. The van der Waals surface area contributed by atoms with Gasteiger partial charge in [0.15, 0.2) is 5.82 Å². The van der Waals surface area contributed by atoms with E-state index in [4.69, 9.17) is 11.6 Å². The zero-order valence-corrected chi connectivity index (χ0v) is 16.8. The van der Waals surface area contributed by atoms with Crippen molar-refractivity contribution in [1.29, 1.82) is 0 Å². The molecule has 2 aromatic carbocycles. The van der Waals surface area contributed by atoms with Crippen molar-refractivity contribution in [3.63, 3.8) is 0 Å². The van der Waals surface area contributed by atoms with Crippen molar-refractivity contribution in [2.45, 2.75) is 6.54 Å². The lowest BCUT2D eigenvalue weighted by molar-refractivity contribution is -0.116. The number of tetrazole rings is 1. The number of aromatic nitrogens is 4. The van der Waals surface area contributed by atoms with Gasteiger partial charge in [-0.25, -0.2) is 0 Å². The average Bonchev–Trinajstić information content (AvgIpc) is 3.44. The van der Waals surface area contributed by atoms with E-state index in [1.807, 2.05) is 60.0 Å². The molecule has 0 spiro atoms. The molecule has 2 aromatic heterocycles. The van der Waals surface area contributed by atoms with Crippen molar-refractivity contribution >= 4 is 40.6 Å². The number of carbonyl (C=O) groups excluding carboxylic acids is 1. The number of nitrogens with zero attached hydrogens (tertiary/aromatic N) is 4. The van der Waals surface area contributed by atoms with Crippen LogP contribution in [0.4, 0.5) is 0 Å². The van der Waals surface area contributed by atoms with Gasteiger partial charge in [-0.05, 0) is 45.6 Å². The van der Waals surface area contributed by atoms with E-state index in [0.29, 0.717) is 23.1 Å². The van der Waals surface area contributed by atoms with Crippen molar-refractivity contribution < 1.29 is 4.79 Å². The van der Waals surface area contributed by atoms with Gasteiger partial charge in [0.25, 0.3) is 5.91 Å². The Morgan fingerprint density at radius 3 is 2.59 bits per heavy atom. The van der Waals surface area contributed by atoms with E-state index in [-0.39, 0.29) is 5.91 Å². The van der Waals surface area contributed by atoms with Gasteiger partial charge in [-0.1, -0.05) is 60.1 Å². The Bertz CT molecular complexity index is 1120. The maximum atomic E-state index is 13.1. The van der Waals surface area contributed by atoms with Gasteiger partial charge < -0.3 is 5.32 Å². The lowest BCUT2D eigenvalue weighted by Crippen LogP contribution is -2.27. The van der Waals surface area contributed by atoms with E-state index in [0.717, 1.165) is 16.0 Å². The second-order valence-corrected chi connectivity index (χ2v) is 7.55. The molecule has 29 heavy (non-hydrogen) atoms. The molecule has 0 saturated heterocycles. The molecule has 0 radical (unpaired) electrons. The molecular weight excluding hydrogens is 406 g/mol. The number of carbonyl (C=O) groups is 1. The van der Waals surface area contributed by atoms with Crippen LogP contribution in [0.1, 0.15) is 10.4 Å². The van der Waals surface area contributed by atoms with E-state index in [2.05, 4.69) is 20.8 Å². The standard InChI is InChI=1S/C21H16ClN5OS/c22-17-10-8-15(9-11-17)14-23-21(28)19(13-18-7-4-12-29-18)27-20(24-25-26-27)16-5-2-1-3-6-16/h1-13H,14H2,(H,23,28). The number of hydrogen-bond donors (Lipinski definition) is 1. The minimum absolute atomic E-state index is 0.280. The Morgan fingerprint density at radius 2 is 1.86 bits per heavy atom. The second-order valence-electron chi connectivity index (χ2n) is 6.13. The minimum Gasteiger partial charge on any atom is -0.347 e. The lowest BCUT2D eigenvalue weighted by Gasteiger charge is -2.11. The van der Waals surface area contributed by atoms with E-state index in [1.54, 1.807) is 18.2 Å². The Hall–Kier alpha value is -3.29. The summed E-state index contributed by atoms with van der Waals surface area (Å²) in [6.45, 7) is 0.362. The zero-order valence-electron chi connectivity index (χ0n) is 15.2. The van der Waals surface area contributed by atoms with Gasteiger partial charge in [0.1, 0.15) is 5.70 Å². The average molecular weight is 422 g/mol. The summed E-state index contributed by atoms with van der Waals surface area (Å²) < 4.78 is 1.46. The van der Waals surface area contributed by atoms with Crippen LogP contribution in [-0.4, -0.2) is 26.1 Å². The molecule has 0 fully saturated rings. The first-order valence-electron chi connectivity index (χ1n) is 8.83. The highest BCUT2D eigenvalue weighted by Crippen LogP contribution is 2.22. The Morgan fingerprint density at radius 1 is 1.07 bits per heavy atom. The molecular formula is C21H16ClN5OS. The molecule has 1 amide bonds. The normalized spacial score (nSPS) is 11.4. The summed E-state index contributed by atoms with van der Waals surface area (Å²) in [6, 6.07) is 20.7. The number of hydrogen-bond acceptors (Lipinski definition) is 5. The molecule has 0 aliphatic carbocycles. The molecule has 2 heterocycles. The highest BCUT2D eigenvalue weighted by atomic mass is 35.5. The number of amides is 1. The Balaban J connectivity index is 1.65. The van der Waals surface area contributed by atoms with E-state index in [1.165, 1.54) is 16.0 Å². The van der Waals surface area contributed by atoms with Crippen LogP contribution < -0.4 is 5.32 Å². The van der Waals surface area contributed by atoms with Crippen LogP contribution in [0.15, 0.2) is 72.1 Å². The van der Waals surface area contributed by atoms with Crippen molar-refractivity contribution in [2.75, 3.05) is 0 Å². The summed E-state index contributed by atoms with van der Waals surface area (Å²) in [5.41, 5.74) is 2.10. The van der Waals surface area contributed by atoms with Gasteiger partial charge >= 0.3 is 0 Å². The van der Waals surface area contributed by atoms with Gasteiger partial charge in [0.05, 0.1) is 0 Å². The molecule has 0 aliphatic rings. The van der Waals surface area contributed by atoms with E-state index < -0.39 is 0 Å². The lowest BCUT2D eigenvalue weighted by atomic mass is 10.2. The smallest absolute Gasteiger partial charge is 0.270 e. The third-order valence-corrected chi connectivity index (χ3v) is 5.22. The van der Waals surface area contributed by atoms with Crippen LogP contribution in [-0.2, 0) is 11.3 Å². The van der Waals surface area contributed by atoms with Crippen LogP contribution in [0, 0.1) is 0 Å². The molecule has 0 aliphatic heterocycles. The summed E-state index contributed by atoms with van der Waals surface area (Å²) >= 11 is 7.46. The molecule has 144 valence electrons. The zero-order chi connectivity index (χ0) is 20.1. The molecule has 0 bridgehead atoms. The third kappa shape index (κ3) is 4.59. The number of benzene rings is 2. The van der Waals surface area contributed by atoms with Crippen molar-refractivity contribution in [3.8, 4) is 11.4 Å².